The lowest BCUT2D eigenvalue weighted by Gasteiger charge is -2.39. The van der Waals surface area contributed by atoms with Gasteiger partial charge < -0.3 is 19.3 Å². The van der Waals surface area contributed by atoms with Crippen LogP contribution in [0.4, 0.5) is 0 Å². The number of piperidine rings is 1. The number of carbonyl (C=O) groups excluding carboxylic acids is 2. The van der Waals surface area contributed by atoms with Gasteiger partial charge >= 0.3 is 5.97 Å². The maximum absolute atomic E-state index is 13.5. The van der Waals surface area contributed by atoms with E-state index in [1.807, 2.05) is 17.0 Å². The number of aromatic nitrogens is 5. The first-order valence-electron chi connectivity index (χ1n) is 11.6. The maximum Gasteiger partial charge on any atom is 0.336 e. The van der Waals surface area contributed by atoms with Gasteiger partial charge in [-0.15, -0.1) is 5.10 Å². The van der Waals surface area contributed by atoms with Crippen LogP contribution in [0.2, 0.25) is 0 Å². The summed E-state index contributed by atoms with van der Waals surface area (Å²) in [5, 5.41) is 11.1. The third kappa shape index (κ3) is 3.88. The zero-order chi connectivity index (χ0) is 23.9. The van der Waals surface area contributed by atoms with Crippen molar-refractivity contribution in [3.05, 3.63) is 41.5 Å². The van der Waals surface area contributed by atoms with E-state index in [-0.39, 0.29) is 36.0 Å². The smallest absolute Gasteiger partial charge is 0.336 e. The second-order valence-electron chi connectivity index (χ2n) is 9.39. The molecule has 0 aliphatic carbocycles. The molecule has 3 aliphatic heterocycles. The summed E-state index contributed by atoms with van der Waals surface area (Å²) >= 11 is 0. The van der Waals surface area contributed by atoms with Crippen LogP contribution in [0, 0.1) is 5.41 Å². The third-order valence-corrected chi connectivity index (χ3v) is 7.42. The van der Waals surface area contributed by atoms with Crippen LogP contribution in [0.5, 0.6) is 0 Å². The Morgan fingerprint density at radius 2 is 2.06 bits per heavy atom. The van der Waals surface area contributed by atoms with Crippen molar-refractivity contribution in [1.29, 1.82) is 0 Å². The molecule has 2 saturated heterocycles. The number of methoxy groups -OCH3 is 1. The van der Waals surface area contributed by atoms with Gasteiger partial charge in [0.1, 0.15) is 12.9 Å². The van der Waals surface area contributed by atoms with E-state index in [0.717, 1.165) is 50.2 Å². The van der Waals surface area contributed by atoms with Gasteiger partial charge in [-0.25, -0.2) is 9.78 Å². The van der Waals surface area contributed by atoms with E-state index in [0.29, 0.717) is 11.4 Å². The Hall–Kier alpha value is -3.18. The third-order valence-electron chi connectivity index (χ3n) is 7.42. The van der Waals surface area contributed by atoms with Crippen molar-refractivity contribution < 1.29 is 19.1 Å². The topological polar surface area (TPSA) is 116 Å². The molecular weight excluding hydrogens is 438 g/mol. The minimum atomic E-state index is -0.369. The molecule has 3 aliphatic rings. The molecule has 180 valence electrons. The molecule has 0 aromatic carbocycles. The van der Waals surface area contributed by atoms with Crippen molar-refractivity contribution in [2.75, 3.05) is 33.4 Å². The number of rotatable bonds is 6. The summed E-state index contributed by atoms with van der Waals surface area (Å²) in [6.45, 7) is 6.35. The first-order chi connectivity index (χ1) is 16.4. The van der Waals surface area contributed by atoms with E-state index < -0.39 is 0 Å². The molecule has 5 heterocycles. The first kappa shape index (κ1) is 22.6. The highest BCUT2D eigenvalue weighted by atomic mass is 16.5. The Labute approximate surface area is 197 Å². The van der Waals surface area contributed by atoms with Gasteiger partial charge in [0.25, 0.3) is 0 Å². The average Bonchev–Trinajstić information content (AvgIpc) is 3.55. The number of hydrogen-bond acceptors (Lipinski definition) is 9. The summed E-state index contributed by atoms with van der Waals surface area (Å²) in [5.41, 5.74) is 1.90. The number of cyclic esters (lactones) is 1. The molecule has 11 nitrogen and oxygen atoms in total. The Balaban J connectivity index is 1.23. The second kappa shape index (κ2) is 8.88. The van der Waals surface area contributed by atoms with Crippen molar-refractivity contribution in [2.24, 2.45) is 5.41 Å². The van der Waals surface area contributed by atoms with Crippen LogP contribution in [-0.4, -0.2) is 86.3 Å². The fourth-order valence-electron chi connectivity index (χ4n) is 5.43. The number of ether oxygens (including phenoxy) is 2. The van der Waals surface area contributed by atoms with Gasteiger partial charge in [-0.2, -0.15) is 4.68 Å². The molecule has 0 unspecified atom stereocenters. The molecule has 2 aromatic rings. The molecule has 2 atom stereocenters. The number of carbonyl (C=O) groups is 2. The van der Waals surface area contributed by atoms with E-state index in [1.165, 1.54) is 11.0 Å². The van der Waals surface area contributed by atoms with Crippen LogP contribution >= 0.6 is 0 Å². The van der Waals surface area contributed by atoms with Crippen molar-refractivity contribution in [2.45, 2.75) is 45.3 Å². The number of esters is 1. The van der Waals surface area contributed by atoms with Crippen molar-refractivity contribution >= 4 is 11.9 Å². The second-order valence-corrected chi connectivity index (χ2v) is 9.39. The minimum absolute atomic E-state index is 0.0648. The molecule has 2 fully saturated rings. The molecule has 11 heteroatoms. The standard InChI is InChI=1S/C23H29N7O4/c1-15-10-23(22(32)30(15)18-13-34-21(31)16(18)2)6-8-28(9-7-23)12-19(33-3)17-4-5-20(24-11-17)29-14-25-26-27-29/h4-5,11,14-15,19H,6-10,12-13H2,1-3H3/t15-,19-/m1/s1. The fraction of sp³-hybridized carbons (Fsp3) is 0.565. The summed E-state index contributed by atoms with van der Waals surface area (Å²) in [4.78, 5) is 34.0. The molecule has 1 amide bonds. The molecule has 34 heavy (non-hydrogen) atoms. The number of tetrazole rings is 1. The zero-order valence-corrected chi connectivity index (χ0v) is 19.7. The van der Waals surface area contributed by atoms with Gasteiger partial charge in [0, 0.05) is 31.5 Å². The van der Waals surface area contributed by atoms with Crippen molar-refractivity contribution in [3.63, 3.8) is 0 Å². The van der Waals surface area contributed by atoms with Gasteiger partial charge in [0.2, 0.25) is 5.91 Å². The predicted octanol–water partition coefficient (Wildman–Crippen LogP) is 1.28. The van der Waals surface area contributed by atoms with Crippen LogP contribution in [0.25, 0.3) is 5.82 Å². The van der Waals surface area contributed by atoms with Gasteiger partial charge in [-0.1, -0.05) is 6.07 Å². The lowest BCUT2D eigenvalue weighted by molar-refractivity contribution is -0.139. The molecule has 0 N–H and O–H groups in total. The lowest BCUT2D eigenvalue weighted by Crippen LogP contribution is -2.45. The van der Waals surface area contributed by atoms with Crippen molar-refractivity contribution in [3.8, 4) is 5.82 Å². The van der Waals surface area contributed by atoms with E-state index in [1.54, 1.807) is 20.2 Å². The highest BCUT2D eigenvalue weighted by molar-refractivity contribution is 5.94. The molecule has 0 saturated carbocycles. The summed E-state index contributed by atoms with van der Waals surface area (Å²) in [6, 6.07) is 3.91. The normalized spacial score (nSPS) is 23.7. The Morgan fingerprint density at radius 3 is 2.65 bits per heavy atom. The number of hydrogen-bond donors (Lipinski definition) is 0. The monoisotopic (exact) mass is 467 g/mol. The Kier molecular flexibility index (Phi) is 5.90. The molecule has 0 bridgehead atoms. The SMILES string of the molecule is CO[C@H](CN1CCC2(CC1)C[C@@H](C)N(C1=C(C)C(=O)OC1)C2=O)c1ccc(-n2cnnn2)nc1. The van der Waals surface area contributed by atoms with E-state index in [2.05, 4.69) is 32.3 Å². The van der Waals surface area contributed by atoms with Gasteiger partial charge in [-0.05, 0) is 62.7 Å². The number of nitrogens with zero attached hydrogens (tertiary/aromatic N) is 7. The molecule has 1 spiro atoms. The Morgan fingerprint density at radius 1 is 1.26 bits per heavy atom. The largest absolute Gasteiger partial charge is 0.456 e. The first-order valence-corrected chi connectivity index (χ1v) is 11.6. The van der Waals surface area contributed by atoms with Crippen LogP contribution in [0.3, 0.4) is 0 Å². The number of likely N-dealkylation sites (tertiary alicyclic amines) is 2. The minimum Gasteiger partial charge on any atom is -0.456 e. The van der Waals surface area contributed by atoms with E-state index in [9.17, 15) is 9.59 Å². The van der Waals surface area contributed by atoms with Crippen molar-refractivity contribution in [1.82, 2.24) is 35.0 Å². The molecular formula is C23H29N7O4. The van der Waals surface area contributed by atoms with Crippen LogP contribution < -0.4 is 0 Å². The lowest BCUT2D eigenvalue weighted by atomic mass is 9.76. The Bertz CT molecular complexity index is 1090. The quantitative estimate of drug-likeness (QED) is 0.579. The number of pyridine rings is 1. The molecule has 2 aromatic heterocycles. The summed E-state index contributed by atoms with van der Waals surface area (Å²) in [7, 11) is 1.70. The highest BCUT2D eigenvalue weighted by Gasteiger charge is 2.53. The van der Waals surface area contributed by atoms with Gasteiger partial charge in [0.15, 0.2) is 5.82 Å². The fourth-order valence-corrected chi connectivity index (χ4v) is 5.43. The highest BCUT2D eigenvalue weighted by Crippen LogP contribution is 2.46. The molecule has 5 rings (SSSR count). The van der Waals surface area contributed by atoms with Crippen LogP contribution in [0.1, 0.15) is 44.8 Å². The summed E-state index contributed by atoms with van der Waals surface area (Å²) in [6.07, 6.45) is 5.55. The zero-order valence-electron chi connectivity index (χ0n) is 19.7. The van der Waals surface area contributed by atoms with Gasteiger partial charge in [0.05, 0.1) is 22.8 Å². The van der Waals surface area contributed by atoms with E-state index >= 15 is 0 Å². The maximum atomic E-state index is 13.5. The number of amides is 1. The van der Waals surface area contributed by atoms with Gasteiger partial charge in [-0.3, -0.25) is 4.79 Å². The van der Waals surface area contributed by atoms with E-state index in [4.69, 9.17) is 9.47 Å². The predicted molar refractivity (Wildman–Crippen MR) is 119 cm³/mol. The van der Waals surface area contributed by atoms with Crippen LogP contribution in [-0.2, 0) is 19.1 Å². The average molecular weight is 468 g/mol. The molecule has 0 radical (unpaired) electrons. The summed E-state index contributed by atoms with van der Waals surface area (Å²) in [5.74, 6) is 0.455. The summed E-state index contributed by atoms with van der Waals surface area (Å²) < 4.78 is 12.4. The van der Waals surface area contributed by atoms with Crippen LogP contribution in [0.15, 0.2) is 35.9 Å².